The maximum atomic E-state index is 11.9. The molecular formula is C11H10N4OS. The molecule has 0 spiro atoms. The Hall–Kier alpha value is -2.13. The van der Waals surface area contributed by atoms with Gasteiger partial charge in [-0.1, -0.05) is 0 Å². The van der Waals surface area contributed by atoms with E-state index in [0.29, 0.717) is 22.8 Å². The monoisotopic (exact) mass is 246 g/mol. The number of aryl methyl sites for hydroxylation is 1. The van der Waals surface area contributed by atoms with Crippen LogP contribution in [0.15, 0.2) is 23.7 Å². The lowest BCUT2D eigenvalue weighted by Crippen LogP contribution is -2.17. The Morgan fingerprint density at radius 3 is 3.18 bits per heavy atom. The molecule has 0 aromatic carbocycles. The van der Waals surface area contributed by atoms with Crippen molar-refractivity contribution < 1.29 is 4.79 Å². The molecule has 2 aromatic heterocycles. The van der Waals surface area contributed by atoms with E-state index in [4.69, 9.17) is 5.26 Å². The highest BCUT2D eigenvalue weighted by Crippen LogP contribution is 2.22. The highest BCUT2D eigenvalue weighted by atomic mass is 32.1. The normalized spacial score (nSPS) is 9.88. The zero-order valence-electron chi connectivity index (χ0n) is 9.17. The molecule has 0 bridgehead atoms. The summed E-state index contributed by atoms with van der Waals surface area (Å²) in [4.78, 5) is 11.9. The van der Waals surface area contributed by atoms with Crippen LogP contribution in [0, 0.1) is 11.3 Å². The molecule has 1 amide bonds. The van der Waals surface area contributed by atoms with Gasteiger partial charge in [0.25, 0.3) is 5.91 Å². The van der Waals surface area contributed by atoms with E-state index in [1.54, 1.807) is 28.4 Å². The van der Waals surface area contributed by atoms with E-state index in [1.807, 2.05) is 13.0 Å². The van der Waals surface area contributed by atoms with E-state index in [2.05, 4.69) is 10.4 Å². The fraction of sp³-hybridized carbons (Fsp3) is 0.182. The molecule has 0 aliphatic rings. The number of nitrogens with one attached hydrogen (secondary N) is 1. The summed E-state index contributed by atoms with van der Waals surface area (Å²) in [7, 11) is 0. The van der Waals surface area contributed by atoms with Crippen molar-refractivity contribution >= 4 is 22.2 Å². The van der Waals surface area contributed by atoms with Gasteiger partial charge < -0.3 is 5.32 Å². The first kappa shape index (κ1) is 11.4. The van der Waals surface area contributed by atoms with Gasteiger partial charge in [-0.15, -0.1) is 11.3 Å². The van der Waals surface area contributed by atoms with Crippen LogP contribution < -0.4 is 5.32 Å². The number of anilines is 1. The number of amides is 1. The topological polar surface area (TPSA) is 70.7 Å². The molecular weight excluding hydrogens is 236 g/mol. The van der Waals surface area contributed by atoms with Crippen molar-refractivity contribution in [3.63, 3.8) is 0 Å². The third kappa shape index (κ3) is 2.19. The van der Waals surface area contributed by atoms with Gasteiger partial charge in [-0.3, -0.25) is 9.48 Å². The summed E-state index contributed by atoms with van der Waals surface area (Å²) >= 11 is 1.33. The fourth-order valence-corrected chi connectivity index (χ4v) is 2.17. The summed E-state index contributed by atoms with van der Waals surface area (Å²) in [6.45, 7) is 2.54. The molecule has 1 N–H and O–H groups in total. The van der Waals surface area contributed by atoms with Gasteiger partial charge in [-0.2, -0.15) is 10.4 Å². The summed E-state index contributed by atoms with van der Waals surface area (Å²) in [6.07, 6.45) is 1.58. The third-order valence-electron chi connectivity index (χ3n) is 2.26. The number of thiophene rings is 1. The standard InChI is InChI=1S/C11H10N4OS/c1-2-15-9(3-5-13-15)10(16)14-11-8(7-12)4-6-17-11/h3-6H,2H2,1H3,(H,14,16). The van der Waals surface area contributed by atoms with Gasteiger partial charge in [0.15, 0.2) is 0 Å². The van der Waals surface area contributed by atoms with E-state index in [9.17, 15) is 4.79 Å². The minimum atomic E-state index is -0.247. The predicted molar refractivity (Wildman–Crippen MR) is 64.9 cm³/mol. The second kappa shape index (κ2) is 4.80. The zero-order valence-corrected chi connectivity index (χ0v) is 9.99. The number of nitriles is 1. The second-order valence-electron chi connectivity index (χ2n) is 3.26. The SMILES string of the molecule is CCn1nccc1C(=O)Nc1sccc1C#N. The maximum Gasteiger partial charge on any atom is 0.274 e. The lowest BCUT2D eigenvalue weighted by molar-refractivity contribution is 0.101. The van der Waals surface area contributed by atoms with Crippen LogP contribution in [0.4, 0.5) is 5.00 Å². The largest absolute Gasteiger partial charge is 0.311 e. The molecule has 5 nitrogen and oxygen atoms in total. The number of rotatable bonds is 3. The Kier molecular flexibility index (Phi) is 3.21. The molecule has 0 fully saturated rings. The number of hydrogen-bond acceptors (Lipinski definition) is 4. The smallest absolute Gasteiger partial charge is 0.274 e. The Bertz CT molecular complexity index is 578. The highest BCUT2D eigenvalue weighted by Gasteiger charge is 2.13. The van der Waals surface area contributed by atoms with Crippen LogP contribution in [0.1, 0.15) is 23.0 Å². The van der Waals surface area contributed by atoms with Crippen LogP contribution in [-0.2, 0) is 6.54 Å². The molecule has 0 aliphatic carbocycles. The first-order valence-corrected chi connectivity index (χ1v) is 5.95. The minimum absolute atomic E-state index is 0.247. The van der Waals surface area contributed by atoms with Gasteiger partial charge in [0, 0.05) is 12.7 Å². The second-order valence-corrected chi connectivity index (χ2v) is 4.18. The molecule has 86 valence electrons. The molecule has 2 aromatic rings. The molecule has 0 radical (unpaired) electrons. The van der Waals surface area contributed by atoms with Crippen molar-refractivity contribution in [2.75, 3.05) is 5.32 Å². The van der Waals surface area contributed by atoms with E-state index < -0.39 is 0 Å². The van der Waals surface area contributed by atoms with Crippen molar-refractivity contribution in [2.45, 2.75) is 13.5 Å². The number of hydrogen-bond donors (Lipinski definition) is 1. The zero-order chi connectivity index (χ0) is 12.3. The van der Waals surface area contributed by atoms with E-state index in [0.717, 1.165) is 0 Å². The van der Waals surface area contributed by atoms with Crippen molar-refractivity contribution in [2.24, 2.45) is 0 Å². The quantitative estimate of drug-likeness (QED) is 0.901. The fourth-order valence-electron chi connectivity index (χ4n) is 1.44. The average molecular weight is 246 g/mol. The Morgan fingerprint density at radius 1 is 1.65 bits per heavy atom. The Labute approximate surface area is 102 Å². The van der Waals surface area contributed by atoms with Gasteiger partial charge in [-0.25, -0.2) is 0 Å². The summed E-state index contributed by atoms with van der Waals surface area (Å²) in [5.74, 6) is -0.247. The molecule has 17 heavy (non-hydrogen) atoms. The van der Waals surface area contributed by atoms with Crippen molar-refractivity contribution in [3.8, 4) is 6.07 Å². The first-order valence-electron chi connectivity index (χ1n) is 5.07. The number of carbonyl (C=O) groups excluding carboxylic acids is 1. The molecule has 0 atom stereocenters. The average Bonchev–Trinajstić information content (AvgIpc) is 2.96. The molecule has 6 heteroatoms. The van der Waals surface area contributed by atoms with Gasteiger partial charge in [0.2, 0.25) is 0 Å². The number of aromatic nitrogens is 2. The summed E-state index contributed by atoms with van der Waals surface area (Å²) in [5.41, 5.74) is 0.968. The van der Waals surface area contributed by atoms with Crippen LogP contribution in [-0.4, -0.2) is 15.7 Å². The van der Waals surface area contributed by atoms with Crippen LogP contribution >= 0.6 is 11.3 Å². The van der Waals surface area contributed by atoms with Gasteiger partial charge in [-0.05, 0) is 24.4 Å². The van der Waals surface area contributed by atoms with Crippen molar-refractivity contribution in [1.29, 1.82) is 5.26 Å². The van der Waals surface area contributed by atoms with Gasteiger partial charge in [0.1, 0.15) is 16.8 Å². The maximum absolute atomic E-state index is 11.9. The number of nitrogens with zero attached hydrogens (tertiary/aromatic N) is 3. The Balaban J connectivity index is 2.21. The van der Waals surface area contributed by atoms with Gasteiger partial charge >= 0.3 is 0 Å². The molecule has 2 heterocycles. The van der Waals surface area contributed by atoms with Crippen molar-refractivity contribution in [1.82, 2.24) is 9.78 Å². The number of carbonyl (C=O) groups is 1. The first-order chi connectivity index (χ1) is 8.26. The van der Waals surface area contributed by atoms with E-state index >= 15 is 0 Å². The predicted octanol–water partition coefficient (Wildman–Crippen LogP) is 2.09. The van der Waals surface area contributed by atoms with Crippen LogP contribution in [0.25, 0.3) is 0 Å². The molecule has 2 rings (SSSR count). The lowest BCUT2D eigenvalue weighted by atomic mass is 10.3. The highest BCUT2D eigenvalue weighted by molar-refractivity contribution is 7.14. The van der Waals surface area contributed by atoms with Gasteiger partial charge in [0.05, 0.1) is 5.56 Å². The van der Waals surface area contributed by atoms with E-state index in [-0.39, 0.29) is 5.91 Å². The third-order valence-corrected chi connectivity index (χ3v) is 3.09. The minimum Gasteiger partial charge on any atom is -0.311 e. The molecule has 0 saturated carbocycles. The van der Waals surface area contributed by atoms with Crippen molar-refractivity contribution in [3.05, 3.63) is 35.0 Å². The molecule has 0 unspecified atom stereocenters. The molecule has 0 aliphatic heterocycles. The Morgan fingerprint density at radius 2 is 2.47 bits per heavy atom. The van der Waals surface area contributed by atoms with Crippen LogP contribution in [0.2, 0.25) is 0 Å². The summed E-state index contributed by atoms with van der Waals surface area (Å²) < 4.78 is 1.61. The van der Waals surface area contributed by atoms with Crippen LogP contribution in [0.5, 0.6) is 0 Å². The summed E-state index contributed by atoms with van der Waals surface area (Å²) in [6, 6.07) is 5.36. The lowest BCUT2D eigenvalue weighted by Gasteiger charge is -2.04. The van der Waals surface area contributed by atoms with Crippen LogP contribution in [0.3, 0.4) is 0 Å². The summed E-state index contributed by atoms with van der Waals surface area (Å²) in [5, 5.41) is 17.9. The molecule has 0 saturated heterocycles. The van der Waals surface area contributed by atoms with E-state index in [1.165, 1.54) is 11.3 Å².